The third-order valence-corrected chi connectivity index (χ3v) is 4.15. The summed E-state index contributed by atoms with van der Waals surface area (Å²) < 4.78 is 19.0. The van der Waals surface area contributed by atoms with Crippen LogP contribution < -0.4 is 10.1 Å². The van der Waals surface area contributed by atoms with Gasteiger partial charge in [0.05, 0.1) is 5.69 Å². The van der Waals surface area contributed by atoms with Gasteiger partial charge in [-0.3, -0.25) is 0 Å². The van der Waals surface area contributed by atoms with E-state index in [2.05, 4.69) is 23.3 Å². The number of aromatic nitrogens is 1. The Bertz CT molecular complexity index is 825. The lowest BCUT2D eigenvalue weighted by molar-refractivity contribution is 0.294. The summed E-state index contributed by atoms with van der Waals surface area (Å²) in [7, 11) is 1.91. The average molecular weight is 336 g/mol. The monoisotopic (exact) mass is 336 g/mol. The topological polar surface area (TPSA) is 34.1 Å². The van der Waals surface area contributed by atoms with Crippen molar-refractivity contribution in [2.24, 2.45) is 0 Å². The first-order valence-electron chi connectivity index (χ1n) is 8.35. The van der Waals surface area contributed by atoms with Gasteiger partial charge >= 0.3 is 0 Å². The molecule has 0 aliphatic rings. The first-order valence-corrected chi connectivity index (χ1v) is 8.35. The SMILES string of the molecule is CCc1cccc(NC)c1COc1cccc(-c2ccc(F)cc2)n1. The first kappa shape index (κ1) is 17.0. The Balaban J connectivity index is 1.81. The van der Waals surface area contributed by atoms with Crippen molar-refractivity contribution < 1.29 is 9.13 Å². The van der Waals surface area contributed by atoms with E-state index in [1.807, 2.05) is 37.4 Å². The van der Waals surface area contributed by atoms with E-state index in [0.717, 1.165) is 28.9 Å². The highest BCUT2D eigenvalue weighted by Crippen LogP contribution is 2.24. The number of rotatable bonds is 6. The molecule has 0 radical (unpaired) electrons. The minimum absolute atomic E-state index is 0.257. The maximum Gasteiger partial charge on any atom is 0.214 e. The molecule has 1 N–H and O–H groups in total. The van der Waals surface area contributed by atoms with Crippen molar-refractivity contribution in [3.8, 4) is 17.1 Å². The van der Waals surface area contributed by atoms with Crippen molar-refractivity contribution in [3.05, 3.63) is 77.6 Å². The lowest BCUT2D eigenvalue weighted by Gasteiger charge is -2.14. The summed E-state index contributed by atoms with van der Waals surface area (Å²) >= 11 is 0. The summed E-state index contributed by atoms with van der Waals surface area (Å²) in [4.78, 5) is 4.53. The number of hydrogen-bond acceptors (Lipinski definition) is 3. The molecule has 3 nitrogen and oxygen atoms in total. The van der Waals surface area contributed by atoms with Crippen LogP contribution in [0.25, 0.3) is 11.3 Å². The van der Waals surface area contributed by atoms with Crippen LogP contribution in [0, 0.1) is 5.82 Å². The second-order valence-corrected chi connectivity index (χ2v) is 5.70. The molecule has 0 aliphatic heterocycles. The molecule has 0 atom stereocenters. The van der Waals surface area contributed by atoms with Gasteiger partial charge in [-0.15, -0.1) is 0 Å². The lowest BCUT2D eigenvalue weighted by atomic mass is 10.0. The number of benzene rings is 2. The average Bonchev–Trinajstić information content (AvgIpc) is 2.66. The molecular weight excluding hydrogens is 315 g/mol. The molecule has 1 heterocycles. The third-order valence-electron chi connectivity index (χ3n) is 4.15. The van der Waals surface area contributed by atoms with Crippen LogP contribution in [-0.2, 0) is 13.0 Å². The number of anilines is 1. The van der Waals surface area contributed by atoms with Gasteiger partial charge in [-0.2, -0.15) is 0 Å². The maximum absolute atomic E-state index is 13.1. The Kier molecular flexibility index (Phi) is 5.29. The van der Waals surface area contributed by atoms with Gasteiger partial charge in [-0.25, -0.2) is 9.37 Å². The number of nitrogens with one attached hydrogen (secondary N) is 1. The number of nitrogens with zero attached hydrogens (tertiary/aromatic N) is 1. The van der Waals surface area contributed by atoms with Crippen LogP contribution in [0.5, 0.6) is 5.88 Å². The number of pyridine rings is 1. The minimum Gasteiger partial charge on any atom is -0.473 e. The molecule has 0 spiro atoms. The summed E-state index contributed by atoms with van der Waals surface area (Å²) in [5.41, 5.74) is 5.07. The lowest BCUT2D eigenvalue weighted by Crippen LogP contribution is -2.05. The number of hydrogen-bond donors (Lipinski definition) is 1. The van der Waals surface area contributed by atoms with Gasteiger partial charge in [-0.1, -0.05) is 25.1 Å². The number of ether oxygens (including phenoxy) is 1. The molecule has 0 saturated carbocycles. The highest BCUT2D eigenvalue weighted by molar-refractivity contribution is 5.59. The van der Waals surface area contributed by atoms with E-state index >= 15 is 0 Å². The Morgan fingerprint density at radius 3 is 2.48 bits per heavy atom. The quantitative estimate of drug-likeness (QED) is 0.682. The molecule has 1 aromatic heterocycles. The molecule has 25 heavy (non-hydrogen) atoms. The van der Waals surface area contributed by atoms with E-state index in [1.54, 1.807) is 12.1 Å². The van der Waals surface area contributed by atoms with Gasteiger partial charge in [-0.05, 0) is 48.4 Å². The van der Waals surface area contributed by atoms with Crippen molar-refractivity contribution >= 4 is 5.69 Å². The molecule has 0 fully saturated rings. The summed E-state index contributed by atoms with van der Waals surface area (Å²) in [6, 6.07) is 18.1. The molecule has 0 amide bonds. The van der Waals surface area contributed by atoms with E-state index in [0.29, 0.717) is 12.5 Å². The second-order valence-electron chi connectivity index (χ2n) is 5.70. The largest absolute Gasteiger partial charge is 0.473 e. The first-order chi connectivity index (χ1) is 12.2. The van der Waals surface area contributed by atoms with Crippen LogP contribution in [-0.4, -0.2) is 12.0 Å². The molecule has 0 saturated heterocycles. The molecule has 0 aliphatic carbocycles. The molecule has 4 heteroatoms. The minimum atomic E-state index is -0.257. The summed E-state index contributed by atoms with van der Waals surface area (Å²) in [6.45, 7) is 2.58. The predicted molar refractivity (Wildman–Crippen MR) is 99.3 cm³/mol. The van der Waals surface area contributed by atoms with Gasteiger partial charge in [0.2, 0.25) is 5.88 Å². The summed E-state index contributed by atoms with van der Waals surface area (Å²) in [5.74, 6) is 0.293. The third kappa shape index (κ3) is 3.97. The fourth-order valence-corrected chi connectivity index (χ4v) is 2.79. The van der Waals surface area contributed by atoms with Gasteiger partial charge < -0.3 is 10.1 Å². The zero-order chi connectivity index (χ0) is 17.6. The van der Waals surface area contributed by atoms with E-state index in [1.165, 1.54) is 17.7 Å². The highest BCUT2D eigenvalue weighted by Gasteiger charge is 2.08. The molecule has 2 aromatic carbocycles. The van der Waals surface area contributed by atoms with Gasteiger partial charge in [0.25, 0.3) is 0 Å². The molecule has 3 rings (SSSR count). The van der Waals surface area contributed by atoms with Crippen LogP contribution in [0.2, 0.25) is 0 Å². The van der Waals surface area contributed by atoms with Crippen LogP contribution in [0.3, 0.4) is 0 Å². The van der Waals surface area contributed by atoms with Crippen molar-refractivity contribution in [2.45, 2.75) is 20.0 Å². The Labute approximate surface area is 147 Å². The van der Waals surface area contributed by atoms with Crippen LogP contribution in [0.4, 0.5) is 10.1 Å². The molecule has 0 bridgehead atoms. The molecular formula is C21H21FN2O. The molecule has 128 valence electrons. The van der Waals surface area contributed by atoms with Crippen molar-refractivity contribution in [2.75, 3.05) is 12.4 Å². The van der Waals surface area contributed by atoms with Gasteiger partial charge in [0.1, 0.15) is 12.4 Å². The zero-order valence-corrected chi connectivity index (χ0v) is 14.4. The Hall–Kier alpha value is -2.88. The normalized spacial score (nSPS) is 10.5. The number of halogens is 1. The van der Waals surface area contributed by atoms with Crippen LogP contribution >= 0.6 is 0 Å². The summed E-state index contributed by atoms with van der Waals surface area (Å²) in [5, 5.41) is 3.21. The standard InChI is InChI=1S/C21H21FN2O/c1-3-15-6-4-8-20(23-2)18(15)14-25-21-9-5-7-19(24-21)16-10-12-17(22)13-11-16/h4-13,23H,3,14H2,1-2H3. The predicted octanol–water partition coefficient (Wildman–Crippen LogP) is 5.07. The second kappa shape index (κ2) is 7.79. The maximum atomic E-state index is 13.1. The van der Waals surface area contributed by atoms with Gasteiger partial charge in [0, 0.05) is 29.9 Å². The fourth-order valence-electron chi connectivity index (χ4n) is 2.79. The Morgan fingerprint density at radius 1 is 1.00 bits per heavy atom. The van der Waals surface area contributed by atoms with Crippen molar-refractivity contribution in [1.29, 1.82) is 0 Å². The fraction of sp³-hybridized carbons (Fsp3) is 0.190. The van der Waals surface area contributed by atoms with Crippen LogP contribution in [0.1, 0.15) is 18.1 Å². The van der Waals surface area contributed by atoms with Gasteiger partial charge in [0.15, 0.2) is 0 Å². The molecule has 0 unspecified atom stereocenters. The highest BCUT2D eigenvalue weighted by atomic mass is 19.1. The number of aryl methyl sites for hydroxylation is 1. The van der Waals surface area contributed by atoms with E-state index in [-0.39, 0.29) is 5.82 Å². The smallest absolute Gasteiger partial charge is 0.214 e. The van der Waals surface area contributed by atoms with Crippen LogP contribution in [0.15, 0.2) is 60.7 Å². The Morgan fingerprint density at radius 2 is 1.76 bits per heavy atom. The van der Waals surface area contributed by atoms with E-state index < -0.39 is 0 Å². The van der Waals surface area contributed by atoms with E-state index in [9.17, 15) is 4.39 Å². The van der Waals surface area contributed by atoms with Crippen molar-refractivity contribution in [3.63, 3.8) is 0 Å². The summed E-state index contributed by atoms with van der Waals surface area (Å²) in [6.07, 6.45) is 0.942. The van der Waals surface area contributed by atoms with E-state index in [4.69, 9.17) is 4.74 Å². The zero-order valence-electron chi connectivity index (χ0n) is 14.4. The molecule has 3 aromatic rings. The van der Waals surface area contributed by atoms with Crippen molar-refractivity contribution in [1.82, 2.24) is 4.98 Å².